The second-order valence-corrected chi connectivity index (χ2v) is 5.23. The first kappa shape index (κ1) is 16.3. The molecule has 0 aromatic heterocycles. The van der Waals surface area contributed by atoms with Gasteiger partial charge >= 0.3 is 0 Å². The minimum atomic E-state index is 0.910. The van der Waals surface area contributed by atoms with Crippen LogP contribution in [-0.4, -0.2) is 11.0 Å². The molecule has 0 saturated carbocycles. The van der Waals surface area contributed by atoms with Gasteiger partial charge in [-0.2, -0.15) is 4.33 Å². The van der Waals surface area contributed by atoms with Gasteiger partial charge in [-0.05, 0) is 6.42 Å². The summed E-state index contributed by atoms with van der Waals surface area (Å²) in [5.74, 6) is 0.910. The van der Waals surface area contributed by atoms with Crippen molar-refractivity contribution in [2.75, 3.05) is 5.75 Å². The lowest BCUT2D eigenvalue weighted by molar-refractivity contribution is -0.116. The smallest absolute Gasteiger partial charge is 0.0311 e. The molecule has 0 radical (unpaired) electrons. The molecule has 2 nitrogen and oxygen atoms in total. The van der Waals surface area contributed by atoms with Crippen LogP contribution in [0.2, 0.25) is 0 Å². The Morgan fingerprint density at radius 2 is 1.19 bits per heavy atom. The molecule has 16 heavy (non-hydrogen) atoms. The summed E-state index contributed by atoms with van der Waals surface area (Å²) >= 11 is 1.14. The van der Waals surface area contributed by atoms with Crippen molar-refractivity contribution < 1.29 is 9.59 Å². The Hall–Kier alpha value is 0.270. The van der Waals surface area contributed by atoms with E-state index >= 15 is 0 Å². The van der Waals surface area contributed by atoms with Crippen LogP contribution in [0, 0.1) is 0 Å². The van der Waals surface area contributed by atoms with Crippen LogP contribution in [0.5, 0.6) is 0 Å². The van der Waals surface area contributed by atoms with Crippen LogP contribution in [0.15, 0.2) is 0 Å². The van der Waals surface area contributed by atoms with Gasteiger partial charge < -0.3 is 0 Å². The highest BCUT2D eigenvalue weighted by molar-refractivity contribution is 7.94. The second kappa shape index (κ2) is 15.3. The highest BCUT2D eigenvalue weighted by atomic mass is 32.2. The van der Waals surface area contributed by atoms with Crippen molar-refractivity contribution in [3.63, 3.8) is 0 Å². The molecule has 0 saturated heterocycles. The van der Waals surface area contributed by atoms with Gasteiger partial charge in [-0.25, -0.2) is 5.26 Å². The number of hydrogen-bond donors (Lipinski definition) is 1. The third-order valence-electron chi connectivity index (χ3n) is 2.88. The maximum Gasteiger partial charge on any atom is 0.0311 e. The summed E-state index contributed by atoms with van der Waals surface area (Å²) in [6, 6.07) is 0. The third-order valence-corrected chi connectivity index (χ3v) is 3.44. The Kier molecular flexibility index (Phi) is 15.5. The topological polar surface area (TPSA) is 29.5 Å². The number of hydrogen-bond acceptors (Lipinski definition) is 3. The Morgan fingerprint density at radius 3 is 1.62 bits per heavy atom. The number of unbranched alkanes of at least 4 members (excludes halogenated alkanes) is 10. The lowest BCUT2D eigenvalue weighted by Crippen LogP contribution is -1.84. The van der Waals surface area contributed by atoms with Gasteiger partial charge in [-0.3, -0.25) is 0 Å². The summed E-state index contributed by atoms with van der Waals surface area (Å²) in [7, 11) is 0. The molecule has 1 N–H and O–H groups in total. The van der Waals surface area contributed by atoms with Gasteiger partial charge in [0.15, 0.2) is 0 Å². The monoisotopic (exact) mass is 248 g/mol. The highest BCUT2D eigenvalue weighted by Gasteiger charge is 1.93. The molecule has 0 rings (SSSR count). The molecule has 0 aliphatic carbocycles. The summed E-state index contributed by atoms with van der Waals surface area (Å²) in [6.45, 7) is 2.26. The fraction of sp³-hybridized carbons (Fsp3) is 1.00. The van der Waals surface area contributed by atoms with Gasteiger partial charge in [0.05, 0.1) is 0 Å². The standard InChI is InChI=1S/C13H28O2S/c1-2-3-4-5-6-7-8-9-10-11-12-13-16-15-14/h14H,2-13H2,1H3. The van der Waals surface area contributed by atoms with E-state index in [9.17, 15) is 0 Å². The normalized spacial score (nSPS) is 10.9. The zero-order valence-electron chi connectivity index (χ0n) is 10.7. The van der Waals surface area contributed by atoms with E-state index in [1.54, 1.807) is 0 Å². The van der Waals surface area contributed by atoms with E-state index in [0.717, 1.165) is 24.2 Å². The molecule has 0 fully saturated rings. The van der Waals surface area contributed by atoms with E-state index in [2.05, 4.69) is 11.3 Å². The molecule has 0 bridgehead atoms. The largest absolute Gasteiger partial charge is 0.239 e. The summed E-state index contributed by atoms with van der Waals surface area (Å²) in [6.07, 6.45) is 15.0. The van der Waals surface area contributed by atoms with Crippen LogP contribution in [0.3, 0.4) is 0 Å². The Morgan fingerprint density at radius 1 is 0.750 bits per heavy atom. The average Bonchev–Trinajstić information content (AvgIpc) is 2.31. The van der Waals surface area contributed by atoms with Crippen molar-refractivity contribution in [3.05, 3.63) is 0 Å². The van der Waals surface area contributed by atoms with E-state index in [1.807, 2.05) is 0 Å². The highest BCUT2D eigenvalue weighted by Crippen LogP contribution is 2.12. The van der Waals surface area contributed by atoms with E-state index in [4.69, 9.17) is 5.26 Å². The van der Waals surface area contributed by atoms with Crippen molar-refractivity contribution in [2.24, 2.45) is 0 Å². The van der Waals surface area contributed by atoms with E-state index in [0.29, 0.717) is 0 Å². The fourth-order valence-electron chi connectivity index (χ4n) is 1.86. The molecule has 0 aliphatic rings. The summed E-state index contributed by atoms with van der Waals surface area (Å²) in [5, 5.41) is 8.09. The van der Waals surface area contributed by atoms with Gasteiger partial charge in [-0.1, -0.05) is 71.1 Å². The zero-order valence-corrected chi connectivity index (χ0v) is 11.6. The molecular formula is C13H28O2S. The summed E-state index contributed by atoms with van der Waals surface area (Å²) in [4.78, 5) is 0. The first-order valence-electron chi connectivity index (χ1n) is 6.85. The van der Waals surface area contributed by atoms with Crippen molar-refractivity contribution in [1.82, 2.24) is 0 Å². The molecule has 0 aromatic rings. The van der Waals surface area contributed by atoms with Crippen LogP contribution in [-0.2, 0) is 4.33 Å². The lowest BCUT2D eigenvalue weighted by atomic mass is 10.1. The fourth-order valence-corrected chi connectivity index (χ4v) is 2.26. The van der Waals surface area contributed by atoms with Crippen LogP contribution < -0.4 is 0 Å². The number of rotatable bonds is 13. The van der Waals surface area contributed by atoms with Crippen LogP contribution in [0.25, 0.3) is 0 Å². The third kappa shape index (κ3) is 14.3. The minimum absolute atomic E-state index is 0.910. The molecular weight excluding hydrogens is 220 g/mol. The summed E-state index contributed by atoms with van der Waals surface area (Å²) in [5.41, 5.74) is 0. The predicted molar refractivity (Wildman–Crippen MR) is 72.6 cm³/mol. The van der Waals surface area contributed by atoms with Crippen LogP contribution in [0.4, 0.5) is 0 Å². The zero-order chi connectivity index (χ0) is 11.9. The molecule has 3 heteroatoms. The Balaban J connectivity index is 2.83. The van der Waals surface area contributed by atoms with Crippen molar-refractivity contribution in [1.29, 1.82) is 0 Å². The molecule has 0 amide bonds. The minimum Gasteiger partial charge on any atom is -0.239 e. The first-order valence-corrected chi connectivity index (χ1v) is 7.76. The maximum atomic E-state index is 8.09. The lowest BCUT2D eigenvalue weighted by Gasteiger charge is -2.01. The van der Waals surface area contributed by atoms with Gasteiger partial charge in [0.25, 0.3) is 0 Å². The molecule has 0 unspecified atom stereocenters. The Labute approximate surface area is 105 Å². The Bertz CT molecular complexity index is 107. The van der Waals surface area contributed by atoms with Crippen molar-refractivity contribution in [3.8, 4) is 0 Å². The molecule has 0 atom stereocenters. The van der Waals surface area contributed by atoms with E-state index in [1.165, 1.54) is 64.2 Å². The molecule has 0 aromatic carbocycles. The first-order chi connectivity index (χ1) is 7.91. The van der Waals surface area contributed by atoms with E-state index < -0.39 is 0 Å². The molecule has 0 aliphatic heterocycles. The SMILES string of the molecule is CCCCCCCCCCCCCSOO. The van der Waals surface area contributed by atoms with Crippen molar-refractivity contribution >= 4 is 12.0 Å². The molecule has 0 spiro atoms. The maximum absolute atomic E-state index is 8.09. The van der Waals surface area contributed by atoms with E-state index in [-0.39, 0.29) is 0 Å². The van der Waals surface area contributed by atoms with Gasteiger partial charge in [-0.15, -0.1) is 0 Å². The van der Waals surface area contributed by atoms with Crippen LogP contribution >= 0.6 is 12.0 Å². The summed E-state index contributed by atoms with van der Waals surface area (Å²) < 4.78 is 3.95. The second-order valence-electron chi connectivity index (χ2n) is 4.43. The molecule has 98 valence electrons. The molecule has 0 heterocycles. The van der Waals surface area contributed by atoms with Crippen molar-refractivity contribution in [2.45, 2.75) is 77.6 Å². The predicted octanol–water partition coefficient (Wildman–Crippen LogP) is 5.44. The van der Waals surface area contributed by atoms with Crippen LogP contribution in [0.1, 0.15) is 77.6 Å². The van der Waals surface area contributed by atoms with Gasteiger partial charge in [0.2, 0.25) is 0 Å². The van der Waals surface area contributed by atoms with Gasteiger partial charge in [0, 0.05) is 17.8 Å². The quantitative estimate of drug-likeness (QED) is 0.204. The van der Waals surface area contributed by atoms with Gasteiger partial charge in [0.1, 0.15) is 0 Å². The average molecular weight is 248 g/mol.